The van der Waals surface area contributed by atoms with E-state index in [1.165, 1.54) is 23.3 Å². The molecule has 3 aromatic rings. The third kappa shape index (κ3) is 4.55. The topological polar surface area (TPSA) is 73.2 Å². The van der Waals surface area contributed by atoms with Crippen molar-refractivity contribution in [1.82, 2.24) is 14.5 Å². The monoisotopic (exact) mass is 495 g/mol. The molecule has 6 nitrogen and oxygen atoms in total. The summed E-state index contributed by atoms with van der Waals surface area (Å²) in [6.07, 6.45) is 6.28. The Labute approximate surface area is 205 Å². The van der Waals surface area contributed by atoms with Crippen molar-refractivity contribution in [2.45, 2.75) is 57.1 Å². The number of halogens is 1. The molecule has 0 spiro atoms. The molecular formula is C27H30FN3O3S. The van der Waals surface area contributed by atoms with Crippen molar-refractivity contribution in [2.24, 2.45) is 18.9 Å². The minimum absolute atomic E-state index is 0.0872. The summed E-state index contributed by atoms with van der Waals surface area (Å²) >= 11 is 0. The minimum atomic E-state index is -3.74. The lowest BCUT2D eigenvalue weighted by atomic mass is 9.91. The summed E-state index contributed by atoms with van der Waals surface area (Å²) < 4.78 is 48.8. The van der Waals surface area contributed by atoms with Gasteiger partial charge in [-0.2, -0.15) is 18.2 Å². The Hall–Kier alpha value is -2.55. The van der Waals surface area contributed by atoms with Gasteiger partial charge in [0.2, 0.25) is 0 Å². The molecule has 2 bridgehead atoms. The number of hydrogen-bond donors (Lipinski definition) is 1. The Bertz CT molecular complexity index is 1350. The number of aryl methyl sites for hydroxylation is 1. The van der Waals surface area contributed by atoms with Crippen LogP contribution < -0.4 is 4.72 Å². The molecular weight excluding hydrogens is 465 g/mol. The van der Waals surface area contributed by atoms with Crippen LogP contribution in [-0.2, 0) is 34.4 Å². The second kappa shape index (κ2) is 8.84. The molecule has 1 aromatic heterocycles. The van der Waals surface area contributed by atoms with Crippen LogP contribution in [0.4, 0.5) is 4.39 Å². The van der Waals surface area contributed by atoms with Crippen LogP contribution in [0.2, 0.25) is 0 Å². The molecule has 3 aliphatic carbocycles. The Balaban J connectivity index is 1.24. The SMILES string of the molecule is Cn1nc(-c2ccc3c(c2)C[C@@H]2CC[C@H](C3)[C@H]2NS(=O)(=O)OC2CCC2)cc1-c1ccc(F)cc1. The lowest BCUT2D eigenvalue weighted by molar-refractivity contribution is 0.123. The van der Waals surface area contributed by atoms with Crippen molar-refractivity contribution < 1.29 is 17.0 Å². The molecule has 8 heteroatoms. The lowest BCUT2D eigenvalue weighted by Gasteiger charge is -2.28. The fourth-order valence-corrected chi connectivity index (χ4v) is 7.23. The van der Waals surface area contributed by atoms with Gasteiger partial charge in [-0.3, -0.25) is 8.86 Å². The molecule has 184 valence electrons. The number of benzene rings is 2. The number of nitrogens with one attached hydrogen (secondary N) is 1. The summed E-state index contributed by atoms with van der Waals surface area (Å²) in [6, 6.07) is 14.9. The summed E-state index contributed by atoms with van der Waals surface area (Å²) in [6.45, 7) is 0. The standard InChI is InChI=1S/C27H30FN3O3S/c1-31-26(17-9-11-23(28)12-10-17)16-25(29-31)19-6-5-18-13-20-7-8-21(15-22(18)14-19)27(20)30-35(32,33)34-24-3-2-4-24/h5-6,9-12,14,16,20-21,24,27,30H,2-4,7-8,13,15H2,1H3/t20-,21+,27-/m1/s1. The van der Waals surface area contributed by atoms with Crippen molar-refractivity contribution in [3.05, 3.63) is 65.5 Å². The maximum atomic E-state index is 13.4. The Morgan fingerprint density at radius 2 is 1.63 bits per heavy atom. The first-order valence-corrected chi connectivity index (χ1v) is 13.9. The van der Waals surface area contributed by atoms with Crippen LogP contribution >= 0.6 is 0 Å². The van der Waals surface area contributed by atoms with Crippen LogP contribution in [0.15, 0.2) is 48.5 Å². The predicted molar refractivity (Wildman–Crippen MR) is 132 cm³/mol. The van der Waals surface area contributed by atoms with Crippen LogP contribution in [0.1, 0.15) is 43.2 Å². The van der Waals surface area contributed by atoms with Gasteiger partial charge in [-0.15, -0.1) is 0 Å². The van der Waals surface area contributed by atoms with Crippen molar-refractivity contribution >= 4 is 10.3 Å². The van der Waals surface area contributed by atoms with E-state index in [-0.39, 0.29) is 29.8 Å². The highest BCUT2D eigenvalue weighted by atomic mass is 32.2. The molecule has 0 radical (unpaired) electrons. The zero-order valence-corrected chi connectivity index (χ0v) is 20.6. The lowest BCUT2D eigenvalue weighted by Crippen LogP contribution is -2.44. The van der Waals surface area contributed by atoms with E-state index < -0.39 is 10.3 Å². The van der Waals surface area contributed by atoms with Gasteiger partial charge in [-0.1, -0.05) is 12.1 Å². The molecule has 0 aliphatic heterocycles. The van der Waals surface area contributed by atoms with E-state index in [9.17, 15) is 12.8 Å². The summed E-state index contributed by atoms with van der Waals surface area (Å²) in [5.41, 5.74) is 6.31. The number of aromatic nitrogens is 2. The molecule has 0 saturated heterocycles. The van der Waals surface area contributed by atoms with E-state index in [4.69, 9.17) is 9.28 Å². The van der Waals surface area contributed by atoms with Crippen molar-refractivity contribution in [3.63, 3.8) is 0 Å². The van der Waals surface area contributed by atoms with E-state index in [0.717, 1.165) is 67.5 Å². The zero-order chi connectivity index (χ0) is 24.2. The summed E-state index contributed by atoms with van der Waals surface area (Å²) in [5, 5.41) is 4.72. The fraction of sp³-hybridized carbons (Fsp3) is 0.444. The van der Waals surface area contributed by atoms with Gasteiger partial charge in [0.25, 0.3) is 0 Å². The van der Waals surface area contributed by atoms with Gasteiger partial charge in [0.15, 0.2) is 0 Å². The van der Waals surface area contributed by atoms with Gasteiger partial charge in [-0.05, 0) is 110 Å². The van der Waals surface area contributed by atoms with Crippen LogP contribution in [0.5, 0.6) is 0 Å². The van der Waals surface area contributed by atoms with Gasteiger partial charge in [0.1, 0.15) is 5.82 Å². The van der Waals surface area contributed by atoms with E-state index in [2.05, 4.69) is 22.9 Å². The van der Waals surface area contributed by atoms with Gasteiger partial charge < -0.3 is 0 Å². The first-order valence-electron chi connectivity index (χ1n) is 12.5. The normalized spacial score (nSPS) is 24.1. The highest BCUT2D eigenvalue weighted by molar-refractivity contribution is 7.84. The fourth-order valence-electron chi connectivity index (χ4n) is 5.90. The van der Waals surface area contributed by atoms with Crippen molar-refractivity contribution in [2.75, 3.05) is 0 Å². The van der Waals surface area contributed by atoms with Crippen LogP contribution in [-0.4, -0.2) is 30.3 Å². The number of rotatable bonds is 6. The first kappa shape index (κ1) is 22.9. The zero-order valence-electron chi connectivity index (χ0n) is 19.8. The molecule has 0 unspecified atom stereocenters. The van der Waals surface area contributed by atoms with E-state index in [1.807, 2.05) is 17.8 Å². The molecule has 2 aromatic carbocycles. The maximum absolute atomic E-state index is 13.4. The molecule has 1 N–H and O–H groups in total. The van der Waals surface area contributed by atoms with E-state index >= 15 is 0 Å². The number of nitrogens with zero attached hydrogens (tertiary/aromatic N) is 2. The maximum Gasteiger partial charge on any atom is 0.336 e. The molecule has 1 heterocycles. The Kier molecular flexibility index (Phi) is 5.78. The molecule has 2 fully saturated rings. The Morgan fingerprint density at radius 3 is 2.31 bits per heavy atom. The van der Waals surface area contributed by atoms with Crippen molar-refractivity contribution in [3.8, 4) is 22.5 Å². The van der Waals surface area contributed by atoms with Crippen LogP contribution in [0, 0.1) is 17.7 Å². The summed E-state index contributed by atoms with van der Waals surface area (Å²) in [4.78, 5) is 0. The van der Waals surface area contributed by atoms with Crippen LogP contribution in [0.25, 0.3) is 22.5 Å². The van der Waals surface area contributed by atoms with E-state index in [1.54, 1.807) is 12.1 Å². The molecule has 3 aliphatic rings. The minimum Gasteiger partial charge on any atom is -0.267 e. The second-order valence-corrected chi connectivity index (χ2v) is 11.6. The highest BCUT2D eigenvalue weighted by Gasteiger charge is 2.42. The predicted octanol–water partition coefficient (Wildman–Crippen LogP) is 4.79. The smallest absolute Gasteiger partial charge is 0.267 e. The summed E-state index contributed by atoms with van der Waals surface area (Å²) in [7, 11) is -1.84. The molecule has 3 atom stereocenters. The van der Waals surface area contributed by atoms with E-state index in [0.29, 0.717) is 0 Å². The van der Waals surface area contributed by atoms with Gasteiger partial charge in [0.05, 0.1) is 17.5 Å². The Morgan fingerprint density at radius 1 is 0.943 bits per heavy atom. The molecule has 35 heavy (non-hydrogen) atoms. The average molecular weight is 496 g/mol. The summed E-state index contributed by atoms with van der Waals surface area (Å²) in [5.74, 6) is 0.285. The largest absolute Gasteiger partial charge is 0.336 e. The number of hydrogen-bond acceptors (Lipinski definition) is 4. The van der Waals surface area contributed by atoms with Gasteiger partial charge in [0, 0.05) is 18.7 Å². The molecule has 2 saturated carbocycles. The highest BCUT2D eigenvalue weighted by Crippen LogP contribution is 2.41. The van der Waals surface area contributed by atoms with Gasteiger partial charge >= 0.3 is 10.3 Å². The molecule has 0 amide bonds. The first-order chi connectivity index (χ1) is 16.8. The third-order valence-corrected chi connectivity index (χ3v) is 9.09. The third-order valence-electron chi connectivity index (χ3n) is 8.01. The quantitative estimate of drug-likeness (QED) is 0.534. The number of fused-ring (bicyclic) bond motifs is 3. The second-order valence-electron chi connectivity index (χ2n) is 10.3. The van der Waals surface area contributed by atoms with Gasteiger partial charge in [-0.25, -0.2) is 4.39 Å². The molecule has 6 rings (SSSR count). The van der Waals surface area contributed by atoms with Crippen LogP contribution in [0.3, 0.4) is 0 Å². The van der Waals surface area contributed by atoms with Crippen molar-refractivity contribution in [1.29, 1.82) is 0 Å². The average Bonchev–Trinajstić information content (AvgIpc) is 3.30.